The van der Waals surface area contributed by atoms with Gasteiger partial charge in [-0.15, -0.1) is 12.1 Å². The molecule has 0 bridgehead atoms. The lowest BCUT2D eigenvalue weighted by atomic mass is 9.52. The highest BCUT2D eigenvalue weighted by molar-refractivity contribution is 6.47. The van der Waals surface area contributed by atoms with E-state index in [1.54, 1.807) is 0 Å². The quantitative estimate of drug-likeness (QED) is 0.334. The smallest absolute Gasteiger partial charge is 0.282 e. The molecule has 0 spiro atoms. The Morgan fingerprint density at radius 2 is 2.00 bits per heavy atom. The molecule has 3 radical (unpaired) electrons. The standard InChI is InChI=1S/C14H23B2O/c1-6-8-13(10-17-15)14(9-7-2)16-12(5)11(3)4/h6-7,9,11-13H,1-2,8,10H2,3-5H3/b14-9+/t12-,13?/m1/s1. The SMILES string of the molecule is [B]OCC(CC=C)/C([B][C@H](C)C(C)C)=C\C=C. The summed E-state index contributed by atoms with van der Waals surface area (Å²) < 4.78 is 4.78. The average Bonchev–Trinajstić information content (AvgIpc) is 2.28. The summed E-state index contributed by atoms with van der Waals surface area (Å²) in [4.78, 5) is 0. The topological polar surface area (TPSA) is 9.23 Å². The van der Waals surface area contributed by atoms with Crippen molar-refractivity contribution >= 4 is 15.3 Å². The first-order chi connectivity index (χ1) is 8.06. The molecule has 0 saturated carbocycles. The van der Waals surface area contributed by atoms with Crippen molar-refractivity contribution in [3.05, 3.63) is 36.9 Å². The summed E-state index contributed by atoms with van der Waals surface area (Å²) in [6.07, 6.45) is 6.60. The first-order valence-electron chi connectivity index (χ1n) is 6.16. The minimum atomic E-state index is 0.261. The van der Waals surface area contributed by atoms with Gasteiger partial charge in [-0.05, 0) is 12.3 Å². The van der Waals surface area contributed by atoms with Crippen molar-refractivity contribution < 1.29 is 4.65 Å². The largest absolute Gasteiger partial charge is 0.447 e. The fourth-order valence-electron chi connectivity index (χ4n) is 1.58. The zero-order chi connectivity index (χ0) is 13.3. The Balaban J connectivity index is 4.73. The van der Waals surface area contributed by atoms with E-state index in [0.717, 1.165) is 6.42 Å². The second-order valence-electron chi connectivity index (χ2n) is 4.73. The predicted octanol–water partition coefficient (Wildman–Crippen LogP) is 3.52. The molecule has 0 saturated heterocycles. The van der Waals surface area contributed by atoms with E-state index in [1.165, 1.54) is 5.47 Å². The van der Waals surface area contributed by atoms with Gasteiger partial charge in [0.25, 0.3) is 8.05 Å². The minimum Gasteiger partial charge on any atom is -0.447 e. The van der Waals surface area contributed by atoms with Crippen molar-refractivity contribution in [1.29, 1.82) is 0 Å². The number of allylic oxidation sites excluding steroid dienone is 3. The van der Waals surface area contributed by atoms with Gasteiger partial charge in [-0.25, -0.2) is 0 Å². The van der Waals surface area contributed by atoms with Crippen molar-refractivity contribution in [1.82, 2.24) is 0 Å². The van der Waals surface area contributed by atoms with Crippen molar-refractivity contribution in [3.8, 4) is 0 Å². The maximum absolute atomic E-state index is 5.18. The molecule has 17 heavy (non-hydrogen) atoms. The van der Waals surface area contributed by atoms with Crippen LogP contribution < -0.4 is 0 Å². The molecule has 0 aliphatic carbocycles. The Morgan fingerprint density at radius 1 is 1.35 bits per heavy atom. The van der Waals surface area contributed by atoms with Gasteiger partial charge < -0.3 is 4.65 Å². The van der Waals surface area contributed by atoms with Crippen LogP contribution in [0, 0.1) is 11.8 Å². The van der Waals surface area contributed by atoms with E-state index in [4.69, 9.17) is 12.7 Å². The van der Waals surface area contributed by atoms with Gasteiger partial charge in [0, 0.05) is 6.61 Å². The maximum Gasteiger partial charge on any atom is 0.282 e. The Hall–Kier alpha value is -0.690. The molecule has 1 unspecified atom stereocenters. The molecule has 0 aliphatic heterocycles. The molecule has 0 amide bonds. The van der Waals surface area contributed by atoms with Gasteiger partial charge in [0.05, 0.1) is 0 Å². The van der Waals surface area contributed by atoms with E-state index >= 15 is 0 Å². The summed E-state index contributed by atoms with van der Waals surface area (Å²) in [5.41, 5.74) is 1.23. The van der Waals surface area contributed by atoms with E-state index in [-0.39, 0.29) is 5.92 Å². The van der Waals surface area contributed by atoms with E-state index in [9.17, 15) is 0 Å². The molecular weight excluding hydrogens is 206 g/mol. The van der Waals surface area contributed by atoms with E-state index < -0.39 is 0 Å². The molecule has 0 heterocycles. The third-order valence-corrected chi connectivity index (χ3v) is 3.04. The van der Waals surface area contributed by atoms with Gasteiger partial charge in [-0.2, -0.15) is 0 Å². The van der Waals surface area contributed by atoms with Crippen molar-refractivity contribution in [3.63, 3.8) is 0 Å². The molecular formula is C14H23B2O. The summed E-state index contributed by atoms with van der Waals surface area (Å²) >= 11 is 0. The van der Waals surface area contributed by atoms with E-state index in [1.807, 2.05) is 18.2 Å². The Labute approximate surface area is 109 Å². The molecule has 3 heteroatoms. The number of hydrogen-bond donors (Lipinski definition) is 0. The van der Waals surface area contributed by atoms with Gasteiger partial charge in [0.15, 0.2) is 0 Å². The normalized spacial score (nSPS) is 15.4. The van der Waals surface area contributed by atoms with Crippen LogP contribution in [0.3, 0.4) is 0 Å². The Bertz CT molecular complexity index is 259. The second kappa shape index (κ2) is 9.35. The summed E-state index contributed by atoms with van der Waals surface area (Å²) in [6.45, 7) is 14.7. The average molecular weight is 229 g/mol. The van der Waals surface area contributed by atoms with Crippen LogP contribution in [0.15, 0.2) is 36.9 Å². The predicted molar refractivity (Wildman–Crippen MR) is 78.3 cm³/mol. The minimum absolute atomic E-state index is 0.261. The van der Waals surface area contributed by atoms with Crippen LogP contribution >= 0.6 is 0 Å². The van der Waals surface area contributed by atoms with Crippen LogP contribution in [0.5, 0.6) is 0 Å². The number of hydrogen-bond acceptors (Lipinski definition) is 1. The second-order valence-corrected chi connectivity index (χ2v) is 4.73. The summed E-state index contributed by atoms with van der Waals surface area (Å²) in [7, 11) is 7.46. The lowest BCUT2D eigenvalue weighted by Gasteiger charge is -2.23. The van der Waals surface area contributed by atoms with Crippen LogP contribution in [0.2, 0.25) is 5.82 Å². The molecule has 0 rings (SSSR count). The van der Waals surface area contributed by atoms with Crippen LogP contribution in [-0.2, 0) is 4.65 Å². The monoisotopic (exact) mass is 229 g/mol. The molecule has 0 aliphatic rings. The zero-order valence-electron chi connectivity index (χ0n) is 11.4. The molecule has 0 aromatic carbocycles. The van der Waals surface area contributed by atoms with Crippen LogP contribution in [0.1, 0.15) is 27.2 Å². The fraction of sp³-hybridized carbons (Fsp3) is 0.571. The van der Waals surface area contributed by atoms with E-state index in [0.29, 0.717) is 18.3 Å². The summed E-state index contributed by atoms with van der Waals surface area (Å²) in [5, 5.41) is 0. The lowest BCUT2D eigenvalue weighted by Crippen LogP contribution is -2.19. The highest BCUT2D eigenvalue weighted by atomic mass is 16.4. The van der Waals surface area contributed by atoms with Crippen LogP contribution in [0.4, 0.5) is 0 Å². The van der Waals surface area contributed by atoms with Crippen LogP contribution in [-0.4, -0.2) is 21.9 Å². The fourth-order valence-corrected chi connectivity index (χ4v) is 1.58. The molecule has 91 valence electrons. The molecule has 0 aromatic heterocycles. The van der Waals surface area contributed by atoms with Crippen molar-refractivity contribution in [2.45, 2.75) is 33.0 Å². The van der Waals surface area contributed by atoms with E-state index in [2.05, 4.69) is 41.2 Å². The number of rotatable bonds is 9. The highest BCUT2D eigenvalue weighted by Crippen LogP contribution is 2.24. The van der Waals surface area contributed by atoms with Crippen LogP contribution in [0.25, 0.3) is 0 Å². The van der Waals surface area contributed by atoms with Gasteiger partial charge in [0.1, 0.15) is 7.28 Å². The van der Waals surface area contributed by atoms with Crippen molar-refractivity contribution in [2.75, 3.05) is 6.61 Å². The van der Waals surface area contributed by atoms with Gasteiger partial charge in [0.2, 0.25) is 0 Å². The maximum atomic E-state index is 5.18. The van der Waals surface area contributed by atoms with Crippen molar-refractivity contribution in [2.24, 2.45) is 11.8 Å². The third-order valence-electron chi connectivity index (χ3n) is 3.04. The third kappa shape index (κ3) is 6.58. The first-order valence-corrected chi connectivity index (χ1v) is 6.16. The molecule has 0 fully saturated rings. The highest BCUT2D eigenvalue weighted by Gasteiger charge is 2.18. The molecule has 0 N–H and O–H groups in total. The van der Waals surface area contributed by atoms with Gasteiger partial charge in [-0.1, -0.05) is 57.3 Å². The molecule has 1 nitrogen and oxygen atoms in total. The summed E-state index contributed by atoms with van der Waals surface area (Å²) in [5.74, 6) is 1.40. The van der Waals surface area contributed by atoms with Gasteiger partial charge in [-0.3, -0.25) is 0 Å². The molecule has 0 aromatic rings. The molecule has 2 atom stereocenters. The summed E-state index contributed by atoms with van der Waals surface area (Å²) in [6, 6.07) is 0. The zero-order valence-corrected chi connectivity index (χ0v) is 11.4. The Kier molecular flexibility index (Phi) is 8.97. The first kappa shape index (κ1) is 16.3. The lowest BCUT2D eigenvalue weighted by molar-refractivity contribution is 0.298. The Morgan fingerprint density at radius 3 is 2.41 bits per heavy atom. The van der Waals surface area contributed by atoms with Gasteiger partial charge >= 0.3 is 0 Å².